The molecule has 1 aromatic heterocycles. The van der Waals surface area contributed by atoms with Gasteiger partial charge in [-0.25, -0.2) is 9.07 Å². The summed E-state index contributed by atoms with van der Waals surface area (Å²) in [6.45, 7) is 3.40. The average molecular weight is 485 g/mol. The number of piperazine rings is 1. The van der Waals surface area contributed by atoms with E-state index in [-0.39, 0.29) is 28.9 Å². The zero-order valence-corrected chi connectivity index (χ0v) is 19.8. The number of rotatable bonds is 4. The van der Waals surface area contributed by atoms with Crippen molar-refractivity contribution in [2.24, 2.45) is 0 Å². The molecule has 8 heteroatoms. The molecule has 1 saturated heterocycles. The van der Waals surface area contributed by atoms with Crippen molar-refractivity contribution in [3.05, 3.63) is 102 Å². The molecule has 3 aromatic carbocycles. The average Bonchev–Trinajstić information content (AvgIpc) is 3.34. The standard InChI is InChI=1S/C28H25FN4O3/c1-19-6-8-20(9-7-19)26-24(18-33(30-26)22-12-10-21(29)11-13-22)28(36)32-16-14-31(15-17-32)27(35)23-4-2-3-5-25(23)34/h2-13,18,34H,14-17H2,1H3. The van der Waals surface area contributed by atoms with Crippen LogP contribution in [0.1, 0.15) is 26.3 Å². The van der Waals surface area contributed by atoms with E-state index in [0.717, 1.165) is 11.1 Å². The number of carbonyl (C=O) groups is 2. The number of aromatic nitrogens is 2. The number of aromatic hydroxyl groups is 1. The molecular weight excluding hydrogens is 459 g/mol. The van der Waals surface area contributed by atoms with Gasteiger partial charge in [-0.05, 0) is 43.3 Å². The highest BCUT2D eigenvalue weighted by Crippen LogP contribution is 2.26. The summed E-state index contributed by atoms with van der Waals surface area (Å²) in [5.74, 6) is -0.854. The number of amides is 2. The molecule has 0 aliphatic carbocycles. The molecule has 182 valence electrons. The molecule has 1 fully saturated rings. The number of para-hydroxylation sites is 1. The number of carbonyl (C=O) groups excluding carboxylic acids is 2. The maximum Gasteiger partial charge on any atom is 0.257 e. The van der Waals surface area contributed by atoms with Crippen LogP contribution >= 0.6 is 0 Å². The van der Waals surface area contributed by atoms with Crippen molar-refractivity contribution in [3.8, 4) is 22.7 Å². The molecule has 36 heavy (non-hydrogen) atoms. The maximum atomic E-state index is 13.6. The van der Waals surface area contributed by atoms with Gasteiger partial charge in [-0.15, -0.1) is 0 Å². The quantitative estimate of drug-likeness (QED) is 0.469. The SMILES string of the molecule is Cc1ccc(-c2nn(-c3ccc(F)cc3)cc2C(=O)N2CCN(C(=O)c3ccccc3O)CC2)cc1. The van der Waals surface area contributed by atoms with Crippen LogP contribution in [-0.4, -0.2) is 62.7 Å². The van der Waals surface area contributed by atoms with Crippen LogP contribution < -0.4 is 0 Å². The highest BCUT2D eigenvalue weighted by atomic mass is 19.1. The first-order valence-electron chi connectivity index (χ1n) is 11.7. The van der Waals surface area contributed by atoms with Crippen LogP contribution in [-0.2, 0) is 0 Å². The van der Waals surface area contributed by atoms with Gasteiger partial charge in [0.1, 0.15) is 17.3 Å². The van der Waals surface area contributed by atoms with Crippen LogP contribution in [0.5, 0.6) is 5.75 Å². The van der Waals surface area contributed by atoms with Gasteiger partial charge in [0.25, 0.3) is 11.8 Å². The number of halogens is 1. The zero-order valence-electron chi connectivity index (χ0n) is 19.8. The molecule has 7 nitrogen and oxygen atoms in total. The van der Waals surface area contributed by atoms with E-state index in [1.807, 2.05) is 31.2 Å². The monoisotopic (exact) mass is 484 g/mol. The third-order valence-corrected chi connectivity index (χ3v) is 6.35. The summed E-state index contributed by atoms with van der Waals surface area (Å²) < 4.78 is 15.0. The molecule has 1 N–H and O–H groups in total. The topological polar surface area (TPSA) is 78.7 Å². The Labute approximate surface area is 208 Å². The number of phenolic OH excluding ortho intramolecular Hbond substituents is 1. The molecule has 0 spiro atoms. The van der Waals surface area contributed by atoms with Gasteiger partial charge in [-0.1, -0.05) is 42.0 Å². The Morgan fingerprint density at radius 1 is 0.806 bits per heavy atom. The van der Waals surface area contributed by atoms with E-state index in [0.29, 0.717) is 43.1 Å². The third-order valence-electron chi connectivity index (χ3n) is 6.35. The first-order chi connectivity index (χ1) is 17.4. The molecule has 5 rings (SSSR count). The van der Waals surface area contributed by atoms with Gasteiger partial charge in [-0.2, -0.15) is 5.10 Å². The zero-order chi connectivity index (χ0) is 25.2. The van der Waals surface area contributed by atoms with Crippen LogP contribution in [0.4, 0.5) is 4.39 Å². The van der Waals surface area contributed by atoms with Crippen LogP contribution in [0.3, 0.4) is 0 Å². The Hall–Kier alpha value is -4.46. The molecule has 1 aliphatic heterocycles. The lowest BCUT2D eigenvalue weighted by molar-refractivity contribution is 0.0534. The van der Waals surface area contributed by atoms with Crippen LogP contribution in [0.25, 0.3) is 16.9 Å². The molecular formula is C28H25FN4O3. The number of nitrogens with zero attached hydrogens (tertiary/aromatic N) is 4. The van der Waals surface area contributed by atoms with Crippen molar-refractivity contribution in [2.75, 3.05) is 26.2 Å². The van der Waals surface area contributed by atoms with Crippen molar-refractivity contribution in [2.45, 2.75) is 6.92 Å². The smallest absolute Gasteiger partial charge is 0.257 e. The van der Waals surface area contributed by atoms with Gasteiger partial charge in [0, 0.05) is 37.9 Å². The second kappa shape index (κ2) is 9.65. The minimum atomic E-state index is -0.350. The Bertz CT molecular complexity index is 1410. The highest BCUT2D eigenvalue weighted by Gasteiger charge is 2.29. The minimum absolute atomic E-state index is 0.0584. The van der Waals surface area contributed by atoms with Crippen molar-refractivity contribution in [1.82, 2.24) is 19.6 Å². The van der Waals surface area contributed by atoms with Gasteiger partial charge >= 0.3 is 0 Å². The summed E-state index contributed by atoms with van der Waals surface area (Å²) in [6, 6.07) is 20.1. The minimum Gasteiger partial charge on any atom is -0.507 e. The summed E-state index contributed by atoms with van der Waals surface area (Å²) in [7, 11) is 0. The lowest BCUT2D eigenvalue weighted by Crippen LogP contribution is -2.50. The van der Waals surface area contributed by atoms with Gasteiger partial charge in [0.2, 0.25) is 0 Å². The predicted molar refractivity (Wildman–Crippen MR) is 134 cm³/mol. The second-order valence-corrected chi connectivity index (χ2v) is 8.78. The molecule has 0 radical (unpaired) electrons. The number of benzene rings is 3. The summed E-state index contributed by atoms with van der Waals surface area (Å²) in [6.07, 6.45) is 1.67. The molecule has 1 aliphatic rings. The number of aryl methyl sites for hydroxylation is 1. The summed E-state index contributed by atoms with van der Waals surface area (Å²) >= 11 is 0. The van der Waals surface area contributed by atoms with Crippen molar-refractivity contribution in [3.63, 3.8) is 0 Å². The Kier molecular flexibility index (Phi) is 6.25. The normalized spacial score (nSPS) is 13.6. The first kappa shape index (κ1) is 23.3. The molecule has 0 atom stereocenters. The Morgan fingerprint density at radius 3 is 2.00 bits per heavy atom. The fourth-order valence-electron chi connectivity index (χ4n) is 4.29. The van der Waals surface area contributed by atoms with Gasteiger partial charge in [0.05, 0.1) is 16.8 Å². The maximum absolute atomic E-state index is 13.6. The fourth-order valence-corrected chi connectivity index (χ4v) is 4.29. The summed E-state index contributed by atoms with van der Waals surface area (Å²) in [5.41, 5.74) is 3.76. The predicted octanol–water partition coefficient (Wildman–Crippen LogP) is 4.29. The molecule has 4 aromatic rings. The molecule has 0 bridgehead atoms. The molecule has 0 saturated carbocycles. The number of hydrogen-bond acceptors (Lipinski definition) is 4. The van der Waals surface area contributed by atoms with E-state index in [1.54, 1.807) is 51.0 Å². The summed E-state index contributed by atoms with van der Waals surface area (Å²) in [4.78, 5) is 29.8. The van der Waals surface area contributed by atoms with E-state index in [1.165, 1.54) is 18.2 Å². The number of phenols is 1. The van der Waals surface area contributed by atoms with E-state index in [2.05, 4.69) is 5.10 Å². The van der Waals surface area contributed by atoms with Crippen molar-refractivity contribution < 1.29 is 19.1 Å². The largest absolute Gasteiger partial charge is 0.507 e. The summed E-state index contributed by atoms with van der Waals surface area (Å²) in [5, 5.41) is 14.7. The fraction of sp³-hybridized carbons (Fsp3) is 0.179. The Morgan fingerprint density at radius 2 is 1.39 bits per heavy atom. The molecule has 2 amide bonds. The van der Waals surface area contributed by atoms with Crippen LogP contribution in [0.2, 0.25) is 0 Å². The van der Waals surface area contributed by atoms with Gasteiger partial charge < -0.3 is 14.9 Å². The Balaban J connectivity index is 1.40. The number of hydrogen-bond donors (Lipinski definition) is 1. The lowest BCUT2D eigenvalue weighted by atomic mass is 10.1. The third kappa shape index (κ3) is 4.57. The second-order valence-electron chi connectivity index (χ2n) is 8.78. The van der Waals surface area contributed by atoms with Crippen LogP contribution in [0, 0.1) is 12.7 Å². The first-order valence-corrected chi connectivity index (χ1v) is 11.7. The molecule has 2 heterocycles. The van der Waals surface area contributed by atoms with E-state index >= 15 is 0 Å². The van der Waals surface area contributed by atoms with Crippen LogP contribution in [0.15, 0.2) is 79.0 Å². The van der Waals surface area contributed by atoms with Crippen molar-refractivity contribution >= 4 is 11.8 Å². The van der Waals surface area contributed by atoms with E-state index < -0.39 is 0 Å². The molecule has 0 unspecified atom stereocenters. The van der Waals surface area contributed by atoms with Gasteiger partial charge in [0.15, 0.2) is 0 Å². The van der Waals surface area contributed by atoms with E-state index in [9.17, 15) is 19.1 Å². The van der Waals surface area contributed by atoms with E-state index in [4.69, 9.17) is 0 Å². The lowest BCUT2D eigenvalue weighted by Gasteiger charge is -2.34. The van der Waals surface area contributed by atoms with Gasteiger partial charge in [-0.3, -0.25) is 9.59 Å². The van der Waals surface area contributed by atoms with Crippen molar-refractivity contribution in [1.29, 1.82) is 0 Å². The highest BCUT2D eigenvalue weighted by molar-refractivity contribution is 6.00.